The van der Waals surface area contributed by atoms with Crippen LogP contribution in [-0.2, 0) is 13.1 Å². The molecule has 0 unspecified atom stereocenters. The largest absolute Gasteiger partial charge is 0.435 e. The van der Waals surface area contributed by atoms with E-state index in [2.05, 4.69) is 20.2 Å². The molecule has 1 N–H and O–H groups in total. The van der Waals surface area contributed by atoms with E-state index in [4.69, 9.17) is 4.42 Å². The Labute approximate surface area is 151 Å². The van der Waals surface area contributed by atoms with E-state index in [1.807, 2.05) is 0 Å². The van der Waals surface area contributed by atoms with E-state index in [1.54, 1.807) is 23.2 Å². The van der Waals surface area contributed by atoms with Crippen LogP contribution in [0.3, 0.4) is 0 Å². The Balaban J connectivity index is 1.32. The first kappa shape index (κ1) is 16.7. The van der Waals surface area contributed by atoms with Gasteiger partial charge in [0, 0.05) is 25.5 Å². The van der Waals surface area contributed by atoms with Gasteiger partial charge >= 0.3 is 5.91 Å². The van der Waals surface area contributed by atoms with Crippen molar-refractivity contribution in [3.05, 3.63) is 47.4 Å². The van der Waals surface area contributed by atoms with Crippen molar-refractivity contribution in [2.75, 3.05) is 26.2 Å². The second-order valence-electron chi connectivity index (χ2n) is 6.60. The zero-order valence-corrected chi connectivity index (χ0v) is 14.5. The first-order chi connectivity index (χ1) is 12.7. The average Bonchev–Trinajstić information content (AvgIpc) is 3.38. The van der Waals surface area contributed by atoms with Gasteiger partial charge in [-0.05, 0) is 38.1 Å². The van der Waals surface area contributed by atoms with Crippen LogP contribution in [-0.4, -0.2) is 57.8 Å². The summed E-state index contributed by atoms with van der Waals surface area (Å²) in [6.07, 6.45) is 5.62. The lowest BCUT2D eigenvalue weighted by Crippen LogP contribution is -2.33. The minimum absolute atomic E-state index is 0.0740. The SMILES string of the molecule is O=C(NCCN1CCCC1)c1nc2c(o1)CN(C(=O)c1cccnc1)C2. The second-order valence-corrected chi connectivity index (χ2v) is 6.60. The van der Waals surface area contributed by atoms with Crippen molar-refractivity contribution in [3.63, 3.8) is 0 Å². The normalized spacial score (nSPS) is 16.7. The fourth-order valence-electron chi connectivity index (χ4n) is 3.36. The highest BCUT2D eigenvalue weighted by molar-refractivity contribution is 5.94. The van der Waals surface area contributed by atoms with Crippen LogP contribution >= 0.6 is 0 Å². The third-order valence-corrected chi connectivity index (χ3v) is 4.76. The number of rotatable bonds is 5. The summed E-state index contributed by atoms with van der Waals surface area (Å²) in [6.45, 7) is 4.29. The van der Waals surface area contributed by atoms with Crippen LogP contribution in [0.5, 0.6) is 0 Å². The molecule has 0 saturated carbocycles. The van der Waals surface area contributed by atoms with Gasteiger partial charge in [0.1, 0.15) is 11.5 Å². The van der Waals surface area contributed by atoms with Gasteiger partial charge in [0.15, 0.2) is 0 Å². The Kier molecular flexibility index (Phi) is 4.66. The van der Waals surface area contributed by atoms with Gasteiger partial charge in [-0.1, -0.05) is 0 Å². The summed E-state index contributed by atoms with van der Waals surface area (Å²) in [5.41, 5.74) is 1.17. The van der Waals surface area contributed by atoms with Crippen molar-refractivity contribution in [1.29, 1.82) is 0 Å². The van der Waals surface area contributed by atoms with Gasteiger partial charge in [-0.25, -0.2) is 4.98 Å². The van der Waals surface area contributed by atoms with Crippen LogP contribution in [0.1, 0.15) is 45.3 Å². The molecule has 0 aromatic carbocycles. The molecule has 8 nitrogen and oxygen atoms in total. The Morgan fingerprint density at radius 2 is 2.08 bits per heavy atom. The minimum Gasteiger partial charge on any atom is -0.435 e. The van der Waals surface area contributed by atoms with Crippen LogP contribution < -0.4 is 5.32 Å². The summed E-state index contributed by atoms with van der Waals surface area (Å²) in [4.78, 5) is 36.8. The Bertz CT molecular complexity index is 775. The number of hydrogen-bond acceptors (Lipinski definition) is 6. The topological polar surface area (TPSA) is 91.6 Å². The van der Waals surface area contributed by atoms with Gasteiger partial charge < -0.3 is 19.5 Å². The van der Waals surface area contributed by atoms with Crippen LogP contribution in [0.4, 0.5) is 0 Å². The van der Waals surface area contributed by atoms with E-state index in [1.165, 1.54) is 19.0 Å². The maximum atomic E-state index is 12.4. The highest BCUT2D eigenvalue weighted by Gasteiger charge is 2.30. The predicted octanol–water partition coefficient (Wildman–Crippen LogP) is 1.05. The number of oxazole rings is 1. The van der Waals surface area contributed by atoms with Crippen molar-refractivity contribution in [1.82, 2.24) is 25.1 Å². The molecule has 0 radical (unpaired) electrons. The smallest absolute Gasteiger partial charge is 0.307 e. The number of likely N-dealkylation sites (tertiary alicyclic amines) is 1. The quantitative estimate of drug-likeness (QED) is 0.862. The number of nitrogens with zero attached hydrogens (tertiary/aromatic N) is 4. The molecule has 0 spiro atoms. The number of hydrogen-bond donors (Lipinski definition) is 1. The van der Waals surface area contributed by atoms with Crippen molar-refractivity contribution in [2.24, 2.45) is 0 Å². The van der Waals surface area contributed by atoms with Gasteiger partial charge in [0.2, 0.25) is 0 Å². The Morgan fingerprint density at radius 1 is 1.23 bits per heavy atom. The molecule has 26 heavy (non-hydrogen) atoms. The van der Waals surface area contributed by atoms with E-state index < -0.39 is 0 Å². The highest BCUT2D eigenvalue weighted by atomic mass is 16.4. The first-order valence-electron chi connectivity index (χ1n) is 8.89. The molecule has 2 aliphatic rings. The average molecular weight is 355 g/mol. The third-order valence-electron chi connectivity index (χ3n) is 4.76. The minimum atomic E-state index is -0.302. The molecule has 0 atom stereocenters. The first-order valence-corrected chi connectivity index (χ1v) is 8.89. The number of amides is 2. The number of aromatic nitrogens is 2. The number of fused-ring (bicyclic) bond motifs is 1. The third kappa shape index (κ3) is 3.45. The van der Waals surface area contributed by atoms with Gasteiger partial charge in [0.25, 0.3) is 11.8 Å². The van der Waals surface area contributed by atoms with Gasteiger partial charge in [-0.15, -0.1) is 0 Å². The summed E-state index contributed by atoms with van der Waals surface area (Å²) in [6, 6.07) is 3.45. The summed E-state index contributed by atoms with van der Waals surface area (Å²) in [5, 5.41) is 2.85. The summed E-state index contributed by atoms with van der Waals surface area (Å²) in [5.74, 6) is 0.225. The van der Waals surface area contributed by atoms with Gasteiger partial charge in [-0.3, -0.25) is 14.6 Å². The summed E-state index contributed by atoms with van der Waals surface area (Å²) < 4.78 is 5.58. The fourth-order valence-corrected chi connectivity index (χ4v) is 3.36. The Hall–Kier alpha value is -2.74. The molecule has 0 bridgehead atoms. The zero-order valence-electron chi connectivity index (χ0n) is 14.5. The fraction of sp³-hybridized carbons (Fsp3) is 0.444. The standard InChI is InChI=1S/C18H21N5O3/c24-16(20-6-9-22-7-1-2-8-22)17-21-14-11-23(12-15(14)26-17)18(25)13-4-3-5-19-10-13/h3-5,10H,1-2,6-9,11-12H2,(H,20,24). The number of carbonyl (C=O) groups excluding carboxylic acids is 2. The molecule has 2 aliphatic heterocycles. The molecular formula is C18H21N5O3. The van der Waals surface area contributed by atoms with Crippen molar-refractivity contribution < 1.29 is 14.0 Å². The number of carbonyl (C=O) groups is 2. The molecule has 1 fully saturated rings. The molecular weight excluding hydrogens is 334 g/mol. The lowest BCUT2D eigenvalue weighted by molar-refractivity contribution is 0.0740. The van der Waals surface area contributed by atoms with E-state index in [9.17, 15) is 9.59 Å². The van der Waals surface area contributed by atoms with Crippen molar-refractivity contribution in [3.8, 4) is 0 Å². The van der Waals surface area contributed by atoms with Crippen LogP contribution in [0.25, 0.3) is 0 Å². The molecule has 4 rings (SSSR count). The lowest BCUT2D eigenvalue weighted by Gasteiger charge is -2.15. The van der Waals surface area contributed by atoms with Crippen LogP contribution in [0, 0.1) is 0 Å². The molecule has 8 heteroatoms. The molecule has 1 saturated heterocycles. The van der Waals surface area contributed by atoms with Crippen molar-refractivity contribution in [2.45, 2.75) is 25.9 Å². The maximum Gasteiger partial charge on any atom is 0.307 e. The molecule has 2 amide bonds. The predicted molar refractivity (Wildman–Crippen MR) is 92.3 cm³/mol. The summed E-state index contributed by atoms with van der Waals surface area (Å²) in [7, 11) is 0. The van der Waals surface area contributed by atoms with Crippen molar-refractivity contribution >= 4 is 11.8 Å². The lowest BCUT2D eigenvalue weighted by atomic mass is 10.2. The Morgan fingerprint density at radius 3 is 2.81 bits per heavy atom. The molecule has 2 aromatic heterocycles. The summed E-state index contributed by atoms with van der Waals surface area (Å²) >= 11 is 0. The van der Waals surface area contributed by atoms with Crippen LogP contribution in [0.15, 0.2) is 28.9 Å². The molecule has 2 aromatic rings. The van der Waals surface area contributed by atoms with E-state index in [0.29, 0.717) is 36.7 Å². The molecule has 0 aliphatic carbocycles. The second kappa shape index (κ2) is 7.25. The number of pyridine rings is 1. The van der Waals surface area contributed by atoms with Gasteiger partial charge in [0.05, 0.1) is 18.7 Å². The monoisotopic (exact) mass is 355 g/mol. The highest BCUT2D eigenvalue weighted by Crippen LogP contribution is 2.24. The van der Waals surface area contributed by atoms with Gasteiger partial charge in [-0.2, -0.15) is 0 Å². The maximum absolute atomic E-state index is 12.4. The van der Waals surface area contributed by atoms with Crippen LogP contribution in [0.2, 0.25) is 0 Å². The van der Waals surface area contributed by atoms with E-state index >= 15 is 0 Å². The van der Waals surface area contributed by atoms with E-state index in [0.717, 1.165) is 19.6 Å². The number of nitrogens with one attached hydrogen (secondary N) is 1. The molecule has 4 heterocycles. The zero-order chi connectivity index (χ0) is 17.9. The van der Waals surface area contributed by atoms with E-state index in [-0.39, 0.29) is 17.7 Å². The molecule has 136 valence electrons.